The number of aryl methyl sites for hydroxylation is 1. The Bertz CT molecular complexity index is 565. The zero-order valence-electron chi connectivity index (χ0n) is 11.1. The standard InChI is InChI=1S/C14H17N3OS/c1-3-15-13-6-4-5-12(17-13)14(18)16-9-11-8-7-10(2)19-11/h4-8H,3,9H2,1-2H3,(H,15,17)(H,16,18). The van der Waals surface area contributed by atoms with Crippen LogP contribution in [0.3, 0.4) is 0 Å². The van der Waals surface area contributed by atoms with Gasteiger partial charge >= 0.3 is 0 Å². The lowest BCUT2D eigenvalue weighted by Gasteiger charge is -2.06. The molecule has 0 saturated heterocycles. The lowest BCUT2D eigenvalue weighted by molar-refractivity contribution is 0.0946. The van der Waals surface area contributed by atoms with E-state index in [9.17, 15) is 4.79 Å². The van der Waals surface area contributed by atoms with Crippen LogP contribution in [0, 0.1) is 6.92 Å². The predicted octanol–water partition coefficient (Wildman–Crippen LogP) is 2.81. The second-order valence-electron chi connectivity index (χ2n) is 4.13. The molecule has 2 heterocycles. The van der Waals surface area contributed by atoms with Gasteiger partial charge in [0.1, 0.15) is 11.5 Å². The molecule has 0 unspecified atom stereocenters. The maximum absolute atomic E-state index is 12.0. The summed E-state index contributed by atoms with van der Waals surface area (Å²) in [6, 6.07) is 9.48. The van der Waals surface area contributed by atoms with E-state index >= 15 is 0 Å². The van der Waals surface area contributed by atoms with Gasteiger partial charge in [0.2, 0.25) is 0 Å². The molecule has 0 aliphatic heterocycles. The van der Waals surface area contributed by atoms with E-state index in [0.29, 0.717) is 12.2 Å². The molecule has 0 aliphatic carbocycles. The van der Waals surface area contributed by atoms with Gasteiger partial charge in [-0.1, -0.05) is 6.07 Å². The van der Waals surface area contributed by atoms with E-state index < -0.39 is 0 Å². The zero-order chi connectivity index (χ0) is 13.7. The maximum atomic E-state index is 12.0. The number of carbonyl (C=O) groups is 1. The summed E-state index contributed by atoms with van der Waals surface area (Å²) >= 11 is 1.69. The monoisotopic (exact) mass is 275 g/mol. The molecule has 0 radical (unpaired) electrons. The number of rotatable bonds is 5. The van der Waals surface area contributed by atoms with E-state index in [1.165, 1.54) is 4.88 Å². The highest BCUT2D eigenvalue weighted by molar-refractivity contribution is 7.11. The number of hydrogen-bond acceptors (Lipinski definition) is 4. The molecule has 5 heteroatoms. The molecule has 100 valence electrons. The van der Waals surface area contributed by atoms with Gasteiger partial charge in [-0.15, -0.1) is 11.3 Å². The van der Waals surface area contributed by atoms with Crippen molar-refractivity contribution in [3.63, 3.8) is 0 Å². The molecule has 2 aromatic rings. The molecule has 0 saturated carbocycles. The van der Waals surface area contributed by atoms with Crippen LogP contribution in [-0.4, -0.2) is 17.4 Å². The predicted molar refractivity (Wildman–Crippen MR) is 78.6 cm³/mol. The van der Waals surface area contributed by atoms with Gasteiger partial charge in [0.25, 0.3) is 5.91 Å². The molecule has 0 atom stereocenters. The third-order valence-electron chi connectivity index (χ3n) is 2.56. The van der Waals surface area contributed by atoms with E-state index in [4.69, 9.17) is 0 Å². The minimum absolute atomic E-state index is 0.147. The largest absolute Gasteiger partial charge is 0.370 e. The van der Waals surface area contributed by atoms with Gasteiger partial charge in [0, 0.05) is 16.3 Å². The van der Waals surface area contributed by atoms with E-state index in [0.717, 1.165) is 17.2 Å². The summed E-state index contributed by atoms with van der Waals surface area (Å²) in [6.45, 7) is 5.38. The highest BCUT2D eigenvalue weighted by Gasteiger charge is 2.08. The van der Waals surface area contributed by atoms with Crippen molar-refractivity contribution in [1.82, 2.24) is 10.3 Å². The average Bonchev–Trinajstić information content (AvgIpc) is 2.82. The van der Waals surface area contributed by atoms with Crippen LogP contribution in [0.15, 0.2) is 30.3 Å². The van der Waals surface area contributed by atoms with Crippen LogP contribution in [-0.2, 0) is 6.54 Å². The first kappa shape index (κ1) is 13.5. The molecule has 1 amide bonds. The summed E-state index contributed by atoms with van der Waals surface area (Å²) in [5, 5.41) is 5.97. The number of aromatic nitrogens is 1. The van der Waals surface area contributed by atoms with Crippen molar-refractivity contribution in [2.45, 2.75) is 20.4 Å². The number of hydrogen-bond donors (Lipinski definition) is 2. The van der Waals surface area contributed by atoms with Crippen molar-refractivity contribution in [2.24, 2.45) is 0 Å². The van der Waals surface area contributed by atoms with Gasteiger partial charge in [0.15, 0.2) is 0 Å². The summed E-state index contributed by atoms with van der Waals surface area (Å²) in [5.74, 6) is 0.577. The zero-order valence-corrected chi connectivity index (χ0v) is 11.9. The van der Waals surface area contributed by atoms with Crippen LogP contribution in [0.5, 0.6) is 0 Å². The second-order valence-corrected chi connectivity index (χ2v) is 5.51. The number of carbonyl (C=O) groups excluding carboxylic acids is 1. The molecule has 19 heavy (non-hydrogen) atoms. The van der Waals surface area contributed by atoms with Crippen molar-refractivity contribution < 1.29 is 4.79 Å². The van der Waals surface area contributed by atoms with Crippen LogP contribution in [0.25, 0.3) is 0 Å². The van der Waals surface area contributed by atoms with E-state index in [1.807, 2.05) is 25.1 Å². The first-order chi connectivity index (χ1) is 9.19. The average molecular weight is 275 g/mol. The Labute approximate surface area is 116 Å². The lowest BCUT2D eigenvalue weighted by atomic mass is 10.3. The molecule has 0 bridgehead atoms. The number of pyridine rings is 1. The number of anilines is 1. The number of nitrogens with one attached hydrogen (secondary N) is 2. The highest BCUT2D eigenvalue weighted by Crippen LogP contribution is 2.14. The summed E-state index contributed by atoms with van der Waals surface area (Å²) in [4.78, 5) is 18.6. The van der Waals surface area contributed by atoms with Crippen LogP contribution in [0.2, 0.25) is 0 Å². The molecule has 0 aromatic carbocycles. The van der Waals surface area contributed by atoms with Crippen molar-refractivity contribution >= 4 is 23.1 Å². The molecule has 0 aliphatic rings. The molecular weight excluding hydrogens is 258 g/mol. The first-order valence-corrected chi connectivity index (χ1v) is 7.05. The van der Waals surface area contributed by atoms with Crippen LogP contribution in [0.1, 0.15) is 27.2 Å². The highest BCUT2D eigenvalue weighted by atomic mass is 32.1. The third kappa shape index (κ3) is 3.79. The van der Waals surface area contributed by atoms with Gasteiger partial charge in [0.05, 0.1) is 6.54 Å². The molecule has 4 nitrogen and oxygen atoms in total. The Kier molecular flexibility index (Phi) is 4.52. The summed E-state index contributed by atoms with van der Waals surface area (Å²) < 4.78 is 0. The molecule has 2 aromatic heterocycles. The third-order valence-corrected chi connectivity index (χ3v) is 3.56. The first-order valence-electron chi connectivity index (χ1n) is 6.23. The SMILES string of the molecule is CCNc1cccc(C(=O)NCc2ccc(C)s2)n1. The van der Waals surface area contributed by atoms with Crippen molar-refractivity contribution in [3.05, 3.63) is 45.8 Å². The molecule has 0 fully saturated rings. The lowest BCUT2D eigenvalue weighted by Crippen LogP contribution is -2.23. The van der Waals surface area contributed by atoms with E-state index in [1.54, 1.807) is 17.4 Å². The van der Waals surface area contributed by atoms with E-state index in [-0.39, 0.29) is 5.91 Å². The van der Waals surface area contributed by atoms with Crippen molar-refractivity contribution in [3.8, 4) is 0 Å². The van der Waals surface area contributed by atoms with Gasteiger partial charge in [-0.05, 0) is 38.1 Å². The van der Waals surface area contributed by atoms with Crippen molar-refractivity contribution in [2.75, 3.05) is 11.9 Å². The molecule has 2 N–H and O–H groups in total. The Morgan fingerprint density at radius 1 is 1.32 bits per heavy atom. The number of nitrogens with zero attached hydrogens (tertiary/aromatic N) is 1. The van der Waals surface area contributed by atoms with Gasteiger partial charge in [-0.25, -0.2) is 4.98 Å². The number of thiophene rings is 1. The maximum Gasteiger partial charge on any atom is 0.270 e. The minimum Gasteiger partial charge on any atom is -0.370 e. The minimum atomic E-state index is -0.147. The molecular formula is C14H17N3OS. The Morgan fingerprint density at radius 3 is 2.84 bits per heavy atom. The van der Waals surface area contributed by atoms with Crippen molar-refractivity contribution in [1.29, 1.82) is 0 Å². The topological polar surface area (TPSA) is 54.0 Å². The summed E-state index contributed by atoms with van der Waals surface area (Å²) in [5.41, 5.74) is 0.437. The number of amides is 1. The van der Waals surface area contributed by atoms with Gasteiger partial charge in [-0.3, -0.25) is 4.79 Å². The fourth-order valence-corrected chi connectivity index (χ4v) is 2.51. The normalized spacial score (nSPS) is 10.2. The molecule has 2 rings (SSSR count). The smallest absolute Gasteiger partial charge is 0.270 e. The van der Waals surface area contributed by atoms with Crippen LogP contribution in [0.4, 0.5) is 5.82 Å². The molecule has 0 spiro atoms. The fourth-order valence-electron chi connectivity index (χ4n) is 1.68. The Balaban J connectivity index is 1.97. The summed E-state index contributed by atoms with van der Waals surface area (Å²) in [6.07, 6.45) is 0. The van der Waals surface area contributed by atoms with Gasteiger partial charge < -0.3 is 10.6 Å². The fraction of sp³-hybridized carbons (Fsp3) is 0.286. The Morgan fingerprint density at radius 2 is 2.16 bits per heavy atom. The van der Waals surface area contributed by atoms with Crippen LogP contribution < -0.4 is 10.6 Å². The Hall–Kier alpha value is -1.88. The second kappa shape index (κ2) is 6.33. The van der Waals surface area contributed by atoms with Gasteiger partial charge in [-0.2, -0.15) is 0 Å². The van der Waals surface area contributed by atoms with Crippen LogP contribution >= 0.6 is 11.3 Å². The van der Waals surface area contributed by atoms with E-state index in [2.05, 4.69) is 28.6 Å². The quantitative estimate of drug-likeness (QED) is 0.882. The summed E-state index contributed by atoms with van der Waals surface area (Å²) in [7, 11) is 0.